The fourth-order valence-corrected chi connectivity index (χ4v) is 4.40. The number of benzene rings is 1. The molecule has 0 saturated carbocycles. The predicted molar refractivity (Wildman–Crippen MR) is 115 cm³/mol. The average Bonchev–Trinajstić information content (AvgIpc) is 3.40. The number of carbonyl (C=O) groups is 1. The van der Waals surface area contributed by atoms with Crippen LogP contribution in [-0.4, -0.2) is 23.5 Å². The fraction of sp³-hybridized carbons (Fsp3) is 0.545. The lowest BCUT2D eigenvalue weighted by Gasteiger charge is -2.22. The molecule has 0 radical (unpaired) electrons. The molecule has 1 atom stereocenters. The highest BCUT2D eigenvalue weighted by molar-refractivity contribution is 7.14. The molecule has 31 heavy (non-hydrogen) atoms. The Balaban J connectivity index is 1.94. The number of nitrogens with zero attached hydrogens (tertiary/aromatic N) is 1. The number of thiazole rings is 1. The summed E-state index contributed by atoms with van der Waals surface area (Å²) in [5, 5.41) is 7.69. The van der Waals surface area contributed by atoms with E-state index < -0.39 is 35.8 Å². The first-order valence-electron chi connectivity index (χ1n) is 10.6. The topological polar surface area (TPSA) is 54.0 Å². The predicted octanol–water partition coefficient (Wildman–Crippen LogP) is 6.28. The summed E-state index contributed by atoms with van der Waals surface area (Å²) in [5.74, 6) is -6.65. The van der Waals surface area contributed by atoms with Crippen LogP contribution >= 0.6 is 11.3 Å². The van der Waals surface area contributed by atoms with E-state index in [2.05, 4.69) is 15.6 Å². The van der Waals surface area contributed by atoms with Gasteiger partial charge in [-0.1, -0.05) is 26.7 Å². The SMILES string of the molecule is CCCC(F)(F)c1cc(-c2csc(NC(=O)C3CCCN3)n2)cc(C(F)(F)CCC)c1. The molecular weight excluding hydrogens is 430 g/mol. The number of nitrogens with one attached hydrogen (secondary N) is 2. The molecule has 4 nitrogen and oxygen atoms in total. The first-order chi connectivity index (χ1) is 14.7. The first-order valence-corrected chi connectivity index (χ1v) is 11.5. The Morgan fingerprint density at radius 2 is 1.74 bits per heavy atom. The zero-order valence-corrected chi connectivity index (χ0v) is 18.4. The minimum absolute atomic E-state index is 0.190. The maximum Gasteiger partial charge on any atom is 0.273 e. The lowest BCUT2D eigenvalue weighted by Crippen LogP contribution is -2.35. The second kappa shape index (κ2) is 9.65. The monoisotopic (exact) mass is 457 g/mol. The summed E-state index contributed by atoms with van der Waals surface area (Å²) in [5.41, 5.74) is -0.407. The van der Waals surface area contributed by atoms with Crippen LogP contribution in [0.3, 0.4) is 0 Å². The van der Waals surface area contributed by atoms with Crippen LogP contribution in [0.15, 0.2) is 23.6 Å². The summed E-state index contributed by atoms with van der Waals surface area (Å²) >= 11 is 1.13. The molecule has 1 aliphatic heterocycles. The average molecular weight is 458 g/mol. The van der Waals surface area contributed by atoms with Gasteiger partial charge < -0.3 is 10.6 Å². The molecule has 0 bridgehead atoms. The van der Waals surface area contributed by atoms with Gasteiger partial charge in [0.1, 0.15) is 0 Å². The van der Waals surface area contributed by atoms with E-state index in [1.54, 1.807) is 19.2 Å². The van der Waals surface area contributed by atoms with Gasteiger partial charge in [0.15, 0.2) is 5.13 Å². The molecule has 1 aliphatic rings. The number of rotatable bonds is 9. The molecule has 1 unspecified atom stereocenters. The second-order valence-corrected chi connectivity index (χ2v) is 8.74. The lowest BCUT2D eigenvalue weighted by molar-refractivity contribution is -0.117. The summed E-state index contributed by atoms with van der Waals surface area (Å²) in [7, 11) is 0. The molecule has 1 aromatic heterocycles. The maximum atomic E-state index is 14.6. The van der Waals surface area contributed by atoms with Gasteiger partial charge in [-0.15, -0.1) is 11.3 Å². The van der Waals surface area contributed by atoms with Crippen molar-refractivity contribution in [1.82, 2.24) is 10.3 Å². The van der Waals surface area contributed by atoms with Gasteiger partial charge >= 0.3 is 0 Å². The Labute approximate surface area is 183 Å². The number of aromatic nitrogens is 1. The van der Waals surface area contributed by atoms with Crippen molar-refractivity contribution in [3.8, 4) is 11.3 Å². The Morgan fingerprint density at radius 3 is 2.26 bits per heavy atom. The smallest absolute Gasteiger partial charge is 0.273 e. The number of carbonyl (C=O) groups excluding carboxylic acids is 1. The third kappa shape index (κ3) is 5.63. The van der Waals surface area contributed by atoms with Gasteiger partial charge in [-0.05, 0) is 37.6 Å². The van der Waals surface area contributed by atoms with Crippen LogP contribution in [0, 0.1) is 0 Å². The molecule has 2 N–H and O–H groups in total. The molecule has 2 heterocycles. The van der Waals surface area contributed by atoms with Crippen molar-refractivity contribution in [3.05, 3.63) is 34.7 Å². The van der Waals surface area contributed by atoms with Crippen LogP contribution in [0.2, 0.25) is 0 Å². The molecule has 0 aliphatic carbocycles. The lowest BCUT2D eigenvalue weighted by atomic mass is 9.94. The van der Waals surface area contributed by atoms with Crippen molar-refractivity contribution >= 4 is 22.4 Å². The summed E-state index contributed by atoms with van der Waals surface area (Å²) in [6, 6.07) is 3.07. The number of amides is 1. The highest BCUT2D eigenvalue weighted by Crippen LogP contribution is 2.41. The van der Waals surface area contributed by atoms with E-state index in [9.17, 15) is 22.4 Å². The van der Waals surface area contributed by atoms with E-state index in [-0.39, 0.29) is 36.0 Å². The van der Waals surface area contributed by atoms with Gasteiger partial charge in [0.25, 0.3) is 11.8 Å². The van der Waals surface area contributed by atoms with Crippen LogP contribution in [0.4, 0.5) is 22.7 Å². The molecule has 3 rings (SSSR count). The first kappa shape index (κ1) is 23.7. The normalized spacial score (nSPS) is 17.2. The van der Waals surface area contributed by atoms with Crippen LogP contribution in [0.5, 0.6) is 0 Å². The number of hydrogen-bond acceptors (Lipinski definition) is 4. The zero-order chi connectivity index (χ0) is 22.6. The van der Waals surface area contributed by atoms with Gasteiger partial charge in [-0.2, -0.15) is 0 Å². The van der Waals surface area contributed by atoms with E-state index in [0.717, 1.165) is 36.8 Å². The van der Waals surface area contributed by atoms with Gasteiger partial charge in [0.05, 0.1) is 11.7 Å². The Hall–Kier alpha value is -2.00. The van der Waals surface area contributed by atoms with Crippen molar-refractivity contribution in [3.63, 3.8) is 0 Å². The Morgan fingerprint density at radius 1 is 1.13 bits per heavy atom. The number of alkyl halides is 4. The van der Waals surface area contributed by atoms with E-state index >= 15 is 0 Å². The van der Waals surface area contributed by atoms with Crippen LogP contribution in [0.1, 0.15) is 63.5 Å². The highest BCUT2D eigenvalue weighted by Gasteiger charge is 2.36. The van der Waals surface area contributed by atoms with Crippen LogP contribution in [0.25, 0.3) is 11.3 Å². The Kier molecular flexibility index (Phi) is 7.36. The molecule has 170 valence electrons. The molecule has 1 fully saturated rings. The van der Waals surface area contributed by atoms with Crippen molar-refractivity contribution in [2.24, 2.45) is 0 Å². The molecule has 9 heteroatoms. The van der Waals surface area contributed by atoms with E-state index in [1.807, 2.05) is 0 Å². The molecule has 2 aromatic rings. The standard InChI is InChI=1S/C22H27F4N3OS/c1-3-7-21(23,24)15-10-14(11-16(12-15)22(25,26)8-4-2)18-13-31-20(28-18)29-19(30)17-6-5-9-27-17/h10-13,17,27H,3-9H2,1-2H3,(H,28,29,30). The summed E-state index contributed by atoms with van der Waals surface area (Å²) < 4.78 is 58.5. The molecular formula is C22H27F4N3OS. The van der Waals surface area contributed by atoms with Gasteiger partial charge in [0.2, 0.25) is 5.91 Å². The van der Waals surface area contributed by atoms with Crippen molar-refractivity contribution in [2.45, 2.75) is 70.3 Å². The number of hydrogen-bond donors (Lipinski definition) is 2. The number of halogens is 4. The molecule has 1 aromatic carbocycles. The zero-order valence-electron chi connectivity index (χ0n) is 17.6. The minimum atomic E-state index is -3.22. The molecule has 0 spiro atoms. The van der Waals surface area contributed by atoms with Gasteiger partial charge in [-0.25, -0.2) is 22.5 Å². The maximum absolute atomic E-state index is 14.6. The van der Waals surface area contributed by atoms with Crippen LogP contribution in [-0.2, 0) is 16.6 Å². The van der Waals surface area contributed by atoms with Crippen molar-refractivity contribution in [1.29, 1.82) is 0 Å². The summed E-state index contributed by atoms with van der Waals surface area (Å²) in [6.07, 6.45) is 1.23. The minimum Gasteiger partial charge on any atom is -0.306 e. The van der Waals surface area contributed by atoms with E-state index in [1.165, 1.54) is 12.1 Å². The summed E-state index contributed by atoms with van der Waals surface area (Å²) in [6.45, 7) is 4.02. The van der Waals surface area contributed by atoms with Crippen LogP contribution < -0.4 is 10.6 Å². The third-order valence-electron chi connectivity index (χ3n) is 5.31. The Bertz CT molecular complexity index is 874. The van der Waals surface area contributed by atoms with E-state index in [4.69, 9.17) is 0 Å². The number of anilines is 1. The van der Waals surface area contributed by atoms with Gasteiger partial charge in [0, 0.05) is 34.9 Å². The third-order valence-corrected chi connectivity index (χ3v) is 6.07. The largest absolute Gasteiger partial charge is 0.306 e. The van der Waals surface area contributed by atoms with Crippen molar-refractivity contribution in [2.75, 3.05) is 11.9 Å². The molecule has 1 saturated heterocycles. The van der Waals surface area contributed by atoms with Gasteiger partial charge in [-0.3, -0.25) is 4.79 Å². The molecule has 1 amide bonds. The fourth-order valence-electron chi connectivity index (χ4n) is 3.68. The summed E-state index contributed by atoms with van der Waals surface area (Å²) in [4.78, 5) is 16.6. The highest BCUT2D eigenvalue weighted by atomic mass is 32.1. The quantitative estimate of drug-likeness (QED) is 0.436. The van der Waals surface area contributed by atoms with Crippen molar-refractivity contribution < 1.29 is 22.4 Å². The second-order valence-electron chi connectivity index (χ2n) is 7.88. The van der Waals surface area contributed by atoms with E-state index in [0.29, 0.717) is 5.13 Å².